The maximum Gasteiger partial charge on any atom is 0.146 e. The standard InChI is InChI=1S/C10H19NO2S/c1-3-4-9(13-8-12-2)7-10-11-5-6-14-10/h9H,3-8H2,1-2H3. The van der Waals surface area contributed by atoms with E-state index in [1.165, 1.54) is 5.04 Å². The lowest BCUT2D eigenvalue weighted by Gasteiger charge is -2.16. The Morgan fingerprint density at radius 2 is 2.43 bits per heavy atom. The number of rotatable bonds is 7. The van der Waals surface area contributed by atoms with E-state index in [2.05, 4.69) is 11.9 Å². The summed E-state index contributed by atoms with van der Waals surface area (Å²) in [6.07, 6.45) is 3.47. The Morgan fingerprint density at radius 1 is 1.57 bits per heavy atom. The van der Waals surface area contributed by atoms with Gasteiger partial charge in [-0.2, -0.15) is 0 Å². The molecule has 0 bridgehead atoms. The van der Waals surface area contributed by atoms with Crippen molar-refractivity contribution in [3.8, 4) is 0 Å². The molecule has 1 unspecified atom stereocenters. The fraction of sp³-hybridized carbons (Fsp3) is 0.900. The number of hydrogen-bond donors (Lipinski definition) is 0. The van der Waals surface area contributed by atoms with Crippen LogP contribution >= 0.6 is 11.8 Å². The highest BCUT2D eigenvalue weighted by Gasteiger charge is 2.14. The van der Waals surface area contributed by atoms with Crippen LogP contribution in [0.1, 0.15) is 26.2 Å². The second-order valence-electron chi connectivity index (χ2n) is 3.31. The van der Waals surface area contributed by atoms with Gasteiger partial charge in [0.15, 0.2) is 0 Å². The Labute approximate surface area is 90.3 Å². The third-order valence-corrected chi connectivity index (χ3v) is 3.10. The molecule has 0 saturated carbocycles. The first-order chi connectivity index (χ1) is 6.86. The van der Waals surface area contributed by atoms with Gasteiger partial charge in [-0.05, 0) is 6.42 Å². The molecule has 1 aliphatic heterocycles. The predicted octanol–water partition coefficient (Wildman–Crippen LogP) is 2.31. The zero-order valence-corrected chi connectivity index (χ0v) is 9.81. The molecule has 1 atom stereocenters. The molecule has 0 N–H and O–H groups in total. The average Bonchev–Trinajstić information content (AvgIpc) is 2.67. The van der Waals surface area contributed by atoms with Gasteiger partial charge in [-0.15, -0.1) is 11.8 Å². The van der Waals surface area contributed by atoms with Gasteiger partial charge in [-0.25, -0.2) is 0 Å². The lowest BCUT2D eigenvalue weighted by molar-refractivity contribution is -0.0712. The van der Waals surface area contributed by atoms with Gasteiger partial charge in [0.05, 0.1) is 11.1 Å². The van der Waals surface area contributed by atoms with E-state index in [0.717, 1.165) is 31.6 Å². The fourth-order valence-corrected chi connectivity index (χ4v) is 2.33. The van der Waals surface area contributed by atoms with E-state index in [0.29, 0.717) is 6.79 Å². The van der Waals surface area contributed by atoms with Crippen molar-refractivity contribution < 1.29 is 9.47 Å². The van der Waals surface area contributed by atoms with E-state index in [9.17, 15) is 0 Å². The number of methoxy groups -OCH3 is 1. The summed E-state index contributed by atoms with van der Waals surface area (Å²) >= 11 is 1.86. The molecule has 1 rings (SSSR count). The maximum absolute atomic E-state index is 5.58. The molecular weight excluding hydrogens is 198 g/mol. The number of hydrogen-bond acceptors (Lipinski definition) is 4. The van der Waals surface area contributed by atoms with Gasteiger partial charge in [0.1, 0.15) is 6.79 Å². The normalized spacial score (nSPS) is 18.3. The summed E-state index contributed by atoms with van der Waals surface area (Å²) in [5.74, 6) is 1.14. The van der Waals surface area contributed by atoms with Crippen LogP contribution in [0.3, 0.4) is 0 Å². The van der Waals surface area contributed by atoms with Crippen LogP contribution in [0.2, 0.25) is 0 Å². The Morgan fingerprint density at radius 3 is 3.00 bits per heavy atom. The van der Waals surface area contributed by atoms with Crippen molar-refractivity contribution in [1.29, 1.82) is 0 Å². The van der Waals surface area contributed by atoms with E-state index < -0.39 is 0 Å². The number of thioether (sulfide) groups is 1. The molecule has 0 radical (unpaired) electrons. The highest BCUT2D eigenvalue weighted by molar-refractivity contribution is 8.14. The quantitative estimate of drug-likeness (QED) is 0.613. The van der Waals surface area contributed by atoms with Gasteiger partial charge in [-0.1, -0.05) is 13.3 Å². The van der Waals surface area contributed by atoms with Crippen LogP contribution in [0.5, 0.6) is 0 Å². The van der Waals surface area contributed by atoms with Crippen molar-refractivity contribution in [2.45, 2.75) is 32.3 Å². The van der Waals surface area contributed by atoms with Gasteiger partial charge in [0.25, 0.3) is 0 Å². The second-order valence-corrected chi connectivity index (χ2v) is 4.48. The largest absolute Gasteiger partial charge is 0.359 e. The molecule has 1 aliphatic rings. The summed E-state index contributed by atoms with van der Waals surface area (Å²) in [7, 11) is 1.66. The SMILES string of the molecule is CCCC(CC1=NCCS1)OCOC. The molecule has 1 heterocycles. The molecule has 0 fully saturated rings. The Hall–Kier alpha value is -0.0600. The number of ether oxygens (including phenoxy) is 2. The zero-order chi connectivity index (χ0) is 10.2. The van der Waals surface area contributed by atoms with Gasteiger partial charge < -0.3 is 9.47 Å². The molecule has 0 aliphatic carbocycles. The minimum atomic E-state index is 0.282. The fourth-order valence-electron chi connectivity index (χ4n) is 1.43. The van der Waals surface area contributed by atoms with Crippen LogP contribution in [0.4, 0.5) is 0 Å². The molecule has 3 nitrogen and oxygen atoms in total. The summed E-state index contributed by atoms with van der Waals surface area (Å²) in [5.41, 5.74) is 0. The monoisotopic (exact) mass is 217 g/mol. The van der Waals surface area contributed by atoms with Gasteiger partial charge in [0.2, 0.25) is 0 Å². The summed E-state index contributed by atoms with van der Waals surface area (Å²) < 4.78 is 10.5. The first-order valence-corrected chi connectivity index (χ1v) is 6.12. The molecule has 82 valence electrons. The number of aliphatic imine (C=N–C) groups is 1. The van der Waals surface area contributed by atoms with Crippen LogP contribution in [0.25, 0.3) is 0 Å². The lowest BCUT2D eigenvalue weighted by atomic mass is 10.1. The predicted molar refractivity (Wildman–Crippen MR) is 61.0 cm³/mol. The number of nitrogens with zero attached hydrogens (tertiary/aromatic N) is 1. The highest BCUT2D eigenvalue weighted by atomic mass is 32.2. The molecule has 0 aromatic heterocycles. The van der Waals surface area contributed by atoms with Crippen LogP contribution in [0, 0.1) is 0 Å². The molecule has 4 heteroatoms. The van der Waals surface area contributed by atoms with Crippen molar-refractivity contribution >= 4 is 16.8 Å². The third-order valence-electron chi connectivity index (χ3n) is 2.08. The summed E-state index contributed by atoms with van der Waals surface area (Å²) in [6.45, 7) is 3.54. The lowest BCUT2D eigenvalue weighted by Crippen LogP contribution is -2.17. The molecule has 14 heavy (non-hydrogen) atoms. The van der Waals surface area contributed by atoms with Crippen LogP contribution in [-0.4, -0.2) is 37.3 Å². The third kappa shape index (κ3) is 4.44. The summed E-state index contributed by atoms with van der Waals surface area (Å²) in [5, 5.41) is 1.25. The first-order valence-electron chi connectivity index (χ1n) is 5.13. The molecular formula is C10H19NO2S. The minimum Gasteiger partial charge on any atom is -0.359 e. The van der Waals surface area contributed by atoms with Gasteiger partial charge in [0, 0.05) is 25.8 Å². The molecule has 0 aromatic rings. The smallest absolute Gasteiger partial charge is 0.146 e. The van der Waals surface area contributed by atoms with Crippen molar-refractivity contribution in [3.05, 3.63) is 0 Å². The van der Waals surface area contributed by atoms with E-state index in [1.54, 1.807) is 7.11 Å². The Balaban J connectivity index is 2.26. The first kappa shape index (κ1) is 12.0. The summed E-state index contributed by atoms with van der Waals surface area (Å²) in [4.78, 5) is 4.42. The molecule has 0 saturated heterocycles. The maximum atomic E-state index is 5.58. The van der Waals surface area contributed by atoms with Crippen molar-refractivity contribution in [2.75, 3.05) is 26.2 Å². The van der Waals surface area contributed by atoms with E-state index in [1.807, 2.05) is 11.8 Å². The van der Waals surface area contributed by atoms with E-state index >= 15 is 0 Å². The van der Waals surface area contributed by atoms with Crippen LogP contribution in [0.15, 0.2) is 4.99 Å². The van der Waals surface area contributed by atoms with Gasteiger partial charge >= 0.3 is 0 Å². The van der Waals surface area contributed by atoms with Crippen molar-refractivity contribution in [1.82, 2.24) is 0 Å². The van der Waals surface area contributed by atoms with Gasteiger partial charge in [-0.3, -0.25) is 4.99 Å². The second kappa shape index (κ2) is 7.26. The van der Waals surface area contributed by atoms with Crippen molar-refractivity contribution in [2.24, 2.45) is 4.99 Å². The summed E-state index contributed by atoms with van der Waals surface area (Å²) in [6, 6.07) is 0. The molecule has 0 spiro atoms. The van der Waals surface area contributed by atoms with E-state index in [4.69, 9.17) is 9.47 Å². The Kier molecular flexibility index (Phi) is 6.23. The van der Waals surface area contributed by atoms with Crippen LogP contribution < -0.4 is 0 Å². The minimum absolute atomic E-state index is 0.282. The van der Waals surface area contributed by atoms with Crippen LogP contribution in [-0.2, 0) is 9.47 Å². The van der Waals surface area contributed by atoms with Crippen molar-refractivity contribution in [3.63, 3.8) is 0 Å². The average molecular weight is 217 g/mol. The molecule has 0 amide bonds. The van der Waals surface area contributed by atoms with E-state index in [-0.39, 0.29) is 6.10 Å². The topological polar surface area (TPSA) is 30.8 Å². The Bertz CT molecular complexity index is 185. The highest BCUT2D eigenvalue weighted by Crippen LogP contribution is 2.19. The zero-order valence-electron chi connectivity index (χ0n) is 8.99. The molecule has 0 aromatic carbocycles.